The van der Waals surface area contributed by atoms with Crippen LogP contribution in [0.15, 0.2) is 28.9 Å². The van der Waals surface area contributed by atoms with Gasteiger partial charge in [0.15, 0.2) is 5.01 Å². The van der Waals surface area contributed by atoms with Gasteiger partial charge in [0.05, 0.1) is 4.88 Å². The number of thiazole rings is 1. The van der Waals surface area contributed by atoms with E-state index in [1.165, 1.54) is 0 Å². The van der Waals surface area contributed by atoms with E-state index in [0.717, 1.165) is 21.8 Å². The first-order valence-corrected chi connectivity index (χ1v) is 7.92. The van der Waals surface area contributed by atoms with E-state index in [2.05, 4.69) is 20.9 Å². The summed E-state index contributed by atoms with van der Waals surface area (Å²) in [7, 11) is 0. The maximum atomic E-state index is 12.6. The number of nitrogens with zero attached hydrogens (tertiary/aromatic N) is 1. The number of rotatable bonds is 1. The molecular formula is C14H11BrF3NOS. The third kappa shape index (κ3) is 2.86. The fourth-order valence-electron chi connectivity index (χ4n) is 2.58. The van der Waals surface area contributed by atoms with Crippen LogP contribution in [-0.4, -0.2) is 10.1 Å². The van der Waals surface area contributed by atoms with Gasteiger partial charge in [0.25, 0.3) is 0 Å². The van der Waals surface area contributed by atoms with Crippen LogP contribution in [-0.2, 0) is 24.6 Å². The highest BCUT2D eigenvalue weighted by Crippen LogP contribution is 2.42. The molecule has 0 spiro atoms. The summed E-state index contributed by atoms with van der Waals surface area (Å²) in [5.74, 6) is 0. The topological polar surface area (TPSA) is 33.1 Å². The van der Waals surface area contributed by atoms with Crippen molar-refractivity contribution in [1.82, 2.24) is 4.98 Å². The van der Waals surface area contributed by atoms with E-state index >= 15 is 0 Å². The maximum Gasteiger partial charge on any atom is 0.443 e. The number of aryl methyl sites for hydroxylation is 1. The number of benzene rings is 1. The molecule has 1 N–H and O–H groups in total. The lowest BCUT2D eigenvalue weighted by molar-refractivity contribution is -0.137. The molecule has 0 saturated heterocycles. The molecule has 0 saturated carbocycles. The second kappa shape index (κ2) is 5.07. The summed E-state index contributed by atoms with van der Waals surface area (Å²) in [5, 5.41) is 9.82. The summed E-state index contributed by atoms with van der Waals surface area (Å²) in [6.07, 6.45) is -1.97. The van der Waals surface area contributed by atoms with Gasteiger partial charge in [0, 0.05) is 17.1 Å². The van der Waals surface area contributed by atoms with Crippen LogP contribution < -0.4 is 0 Å². The first-order chi connectivity index (χ1) is 9.78. The fraction of sp³-hybridized carbons (Fsp3) is 0.357. The van der Waals surface area contributed by atoms with Crippen molar-refractivity contribution in [3.05, 3.63) is 49.9 Å². The molecule has 2 nitrogen and oxygen atoms in total. The smallest absolute Gasteiger partial charge is 0.384 e. The van der Waals surface area contributed by atoms with Crippen molar-refractivity contribution in [3.8, 4) is 0 Å². The second-order valence-electron chi connectivity index (χ2n) is 5.15. The predicted molar refractivity (Wildman–Crippen MR) is 77.2 cm³/mol. The number of hydrogen-bond acceptors (Lipinski definition) is 3. The van der Waals surface area contributed by atoms with E-state index in [4.69, 9.17) is 0 Å². The highest BCUT2D eigenvalue weighted by Gasteiger charge is 2.40. The Bertz CT molecular complexity index is 685. The van der Waals surface area contributed by atoms with Gasteiger partial charge in [-0.15, -0.1) is 11.3 Å². The average molecular weight is 378 g/mol. The number of fused-ring (bicyclic) bond motifs is 1. The number of halogens is 4. The molecule has 21 heavy (non-hydrogen) atoms. The highest BCUT2D eigenvalue weighted by atomic mass is 79.9. The van der Waals surface area contributed by atoms with Crippen molar-refractivity contribution in [2.75, 3.05) is 0 Å². The van der Waals surface area contributed by atoms with Crippen LogP contribution in [0.5, 0.6) is 0 Å². The zero-order valence-electron chi connectivity index (χ0n) is 10.7. The molecular weight excluding hydrogens is 367 g/mol. The molecule has 1 atom stereocenters. The summed E-state index contributed by atoms with van der Waals surface area (Å²) >= 11 is 3.92. The van der Waals surface area contributed by atoms with Gasteiger partial charge in [-0.25, -0.2) is 4.98 Å². The maximum absolute atomic E-state index is 12.6. The molecule has 1 aromatic heterocycles. The van der Waals surface area contributed by atoms with Crippen molar-refractivity contribution >= 4 is 27.3 Å². The van der Waals surface area contributed by atoms with E-state index in [9.17, 15) is 18.3 Å². The molecule has 1 unspecified atom stereocenters. The Morgan fingerprint density at radius 3 is 2.71 bits per heavy atom. The molecule has 0 bridgehead atoms. The van der Waals surface area contributed by atoms with Crippen LogP contribution in [0.4, 0.5) is 13.2 Å². The second-order valence-corrected chi connectivity index (χ2v) is 7.10. The van der Waals surface area contributed by atoms with Crippen molar-refractivity contribution in [3.63, 3.8) is 0 Å². The molecule has 1 aliphatic carbocycles. The Kier molecular flexibility index (Phi) is 3.62. The molecule has 7 heteroatoms. The normalized spacial score (nSPS) is 22.1. The minimum atomic E-state index is -4.46. The summed E-state index contributed by atoms with van der Waals surface area (Å²) < 4.78 is 38.9. The van der Waals surface area contributed by atoms with Crippen molar-refractivity contribution < 1.29 is 18.3 Å². The Morgan fingerprint density at radius 1 is 1.29 bits per heavy atom. The van der Waals surface area contributed by atoms with Crippen LogP contribution >= 0.6 is 27.3 Å². The third-order valence-electron chi connectivity index (χ3n) is 3.67. The van der Waals surface area contributed by atoms with Gasteiger partial charge in [-0.05, 0) is 36.1 Å². The molecule has 1 heterocycles. The SMILES string of the molecule is OC1(c2cnc(C(F)(F)F)s2)CCc2cc(Br)ccc2C1. The third-order valence-corrected chi connectivity index (χ3v) is 5.39. The van der Waals surface area contributed by atoms with Crippen molar-refractivity contribution in [1.29, 1.82) is 0 Å². The van der Waals surface area contributed by atoms with Crippen LogP contribution in [0.1, 0.15) is 27.4 Å². The number of alkyl halides is 3. The largest absolute Gasteiger partial charge is 0.443 e. The van der Waals surface area contributed by atoms with Crippen LogP contribution in [0.25, 0.3) is 0 Å². The molecule has 0 amide bonds. The summed E-state index contributed by atoms with van der Waals surface area (Å²) in [6, 6.07) is 5.76. The predicted octanol–water partition coefficient (Wildman–Crippen LogP) is 4.30. The molecule has 0 radical (unpaired) electrons. The van der Waals surface area contributed by atoms with Gasteiger partial charge in [-0.1, -0.05) is 22.0 Å². The molecule has 0 fully saturated rings. The highest BCUT2D eigenvalue weighted by molar-refractivity contribution is 9.10. The van der Waals surface area contributed by atoms with E-state index in [1.807, 2.05) is 18.2 Å². The van der Waals surface area contributed by atoms with Gasteiger partial charge in [0.1, 0.15) is 5.60 Å². The van der Waals surface area contributed by atoms with E-state index in [-0.39, 0.29) is 4.88 Å². The number of hydrogen-bond donors (Lipinski definition) is 1. The van der Waals surface area contributed by atoms with Crippen molar-refractivity contribution in [2.24, 2.45) is 0 Å². The Morgan fingerprint density at radius 2 is 2.05 bits per heavy atom. The van der Waals surface area contributed by atoms with Crippen LogP contribution in [0.3, 0.4) is 0 Å². The molecule has 1 aromatic carbocycles. The minimum absolute atomic E-state index is 0.281. The van der Waals surface area contributed by atoms with Gasteiger partial charge < -0.3 is 5.11 Å². The van der Waals surface area contributed by atoms with Gasteiger partial charge in [-0.2, -0.15) is 13.2 Å². The first-order valence-electron chi connectivity index (χ1n) is 6.31. The first kappa shape index (κ1) is 15.0. The van der Waals surface area contributed by atoms with E-state index < -0.39 is 16.8 Å². The summed E-state index contributed by atoms with van der Waals surface area (Å²) in [6.45, 7) is 0. The average Bonchev–Trinajstić information content (AvgIpc) is 2.89. The molecule has 2 aromatic rings. The lowest BCUT2D eigenvalue weighted by Gasteiger charge is -2.32. The Balaban J connectivity index is 1.92. The molecule has 3 rings (SSSR count). The quantitative estimate of drug-likeness (QED) is 0.803. The zero-order valence-corrected chi connectivity index (χ0v) is 13.1. The van der Waals surface area contributed by atoms with Crippen LogP contribution in [0, 0.1) is 0 Å². The van der Waals surface area contributed by atoms with Crippen LogP contribution in [0.2, 0.25) is 0 Å². The van der Waals surface area contributed by atoms with E-state index in [0.29, 0.717) is 30.6 Å². The van der Waals surface area contributed by atoms with Gasteiger partial charge in [-0.3, -0.25) is 0 Å². The molecule has 112 valence electrons. The zero-order chi connectivity index (χ0) is 15.3. The van der Waals surface area contributed by atoms with E-state index in [1.54, 1.807) is 0 Å². The monoisotopic (exact) mass is 377 g/mol. The lowest BCUT2D eigenvalue weighted by Crippen LogP contribution is -2.32. The van der Waals surface area contributed by atoms with Gasteiger partial charge in [0.2, 0.25) is 0 Å². The van der Waals surface area contributed by atoms with Gasteiger partial charge >= 0.3 is 6.18 Å². The Hall–Kier alpha value is -0.920. The summed E-state index contributed by atoms with van der Waals surface area (Å²) in [4.78, 5) is 3.68. The number of aromatic nitrogens is 1. The number of aliphatic hydroxyl groups is 1. The molecule has 1 aliphatic rings. The minimum Gasteiger partial charge on any atom is -0.384 e. The lowest BCUT2D eigenvalue weighted by atomic mass is 9.80. The Labute approximate surface area is 131 Å². The standard InChI is InChI=1S/C14H11BrF3NOS/c15-10-2-1-9-6-13(20,4-3-8(9)5-10)11-7-19-12(21-11)14(16,17)18/h1-2,5,7,20H,3-4,6H2. The molecule has 0 aliphatic heterocycles. The fourth-order valence-corrected chi connectivity index (χ4v) is 3.88. The van der Waals surface area contributed by atoms with Crippen molar-refractivity contribution in [2.45, 2.75) is 31.0 Å². The summed E-state index contributed by atoms with van der Waals surface area (Å²) in [5.41, 5.74) is 0.825.